The van der Waals surface area contributed by atoms with Crippen molar-refractivity contribution in [2.45, 2.75) is 212 Å². The van der Waals surface area contributed by atoms with E-state index in [2.05, 4.69) is 67.8 Å². The van der Waals surface area contributed by atoms with E-state index in [1.54, 1.807) is 0 Å². The van der Waals surface area contributed by atoms with Crippen LogP contribution in [0.2, 0.25) is 0 Å². The monoisotopic (exact) mass is 854 g/mol. The first kappa shape index (κ1) is 56.4. The van der Waals surface area contributed by atoms with Crippen molar-refractivity contribution < 1.29 is 47.8 Å². The van der Waals surface area contributed by atoms with Gasteiger partial charge >= 0.3 is 19.8 Å². The fourth-order valence-electron chi connectivity index (χ4n) is 6.20. The number of amides is 1. The number of aliphatic hydroxyl groups excluding tert-OH is 1. The number of carboxylic acids is 1. The molecule has 59 heavy (non-hydrogen) atoms. The largest absolute Gasteiger partial charge is 0.480 e. The highest BCUT2D eigenvalue weighted by Crippen LogP contribution is 2.43. The molecule has 4 N–H and O–H groups in total. The number of phosphoric ester groups is 1. The Balaban J connectivity index is 3.91. The minimum atomic E-state index is -4.76. The van der Waals surface area contributed by atoms with Gasteiger partial charge in [0, 0.05) is 12.8 Å². The summed E-state index contributed by atoms with van der Waals surface area (Å²) in [7, 11) is -4.76. The summed E-state index contributed by atoms with van der Waals surface area (Å²) in [6.07, 6.45) is 47.0. The van der Waals surface area contributed by atoms with Crippen molar-refractivity contribution in [3.8, 4) is 0 Å². The van der Waals surface area contributed by atoms with Gasteiger partial charge in [0.25, 0.3) is 0 Å². The molecule has 0 aliphatic carbocycles. The first-order valence-electron chi connectivity index (χ1n) is 23.2. The van der Waals surface area contributed by atoms with Crippen LogP contribution in [0.3, 0.4) is 0 Å². The Labute approximate surface area is 358 Å². The van der Waals surface area contributed by atoms with Gasteiger partial charge in [0.2, 0.25) is 5.91 Å². The van der Waals surface area contributed by atoms with Crippen LogP contribution < -0.4 is 5.32 Å². The number of phosphoric acid groups is 1. The Morgan fingerprint density at radius 2 is 0.932 bits per heavy atom. The van der Waals surface area contributed by atoms with Crippen LogP contribution in [0, 0.1) is 0 Å². The zero-order chi connectivity index (χ0) is 43.5. The lowest BCUT2D eigenvalue weighted by atomic mass is 10.1. The highest BCUT2D eigenvalue weighted by atomic mass is 31.2. The lowest BCUT2D eigenvalue weighted by molar-refractivity contribution is -0.147. The molecule has 342 valence electrons. The van der Waals surface area contributed by atoms with Gasteiger partial charge in [-0.25, -0.2) is 9.36 Å². The minimum Gasteiger partial charge on any atom is -0.480 e. The SMILES string of the molecule is CCCCC/C=C\C/C=C\C/C=C\CCCCCCCCC(=O)OCC(O)COP(=O)(O)OCC(NC(=O)CCCCCCC/C=C\CCCCCCCCC)C(=O)O. The third kappa shape index (κ3) is 41.9. The van der Waals surface area contributed by atoms with Gasteiger partial charge in [-0.05, 0) is 77.0 Å². The van der Waals surface area contributed by atoms with Crippen LogP contribution in [0.1, 0.15) is 200 Å². The van der Waals surface area contributed by atoms with Crippen molar-refractivity contribution in [1.82, 2.24) is 5.32 Å². The van der Waals surface area contributed by atoms with E-state index in [-0.39, 0.29) is 12.8 Å². The van der Waals surface area contributed by atoms with Gasteiger partial charge in [-0.1, -0.05) is 159 Å². The molecular weight excluding hydrogens is 769 g/mol. The van der Waals surface area contributed by atoms with Gasteiger partial charge in [-0.3, -0.25) is 18.6 Å². The molecule has 1 amide bonds. The third-order valence-corrected chi connectivity index (χ3v) is 10.8. The number of ether oxygens (including phenoxy) is 1. The second-order valence-electron chi connectivity index (χ2n) is 15.6. The van der Waals surface area contributed by atoms with Crippen LogP contribution in [0.25, 0.3) is 0 Å². The molecule has 0 fully saturated rings. The Morgan fingerprint density at radius 3 is 1.44 bits per heavy atom. The molecule has 0 radical (unpaired) electrons. The summed E-state index contributed by atoms with van der Waals surface area (Å²) in [6.45, 7) is 2.55. The summed E-state index contributed by atoms with van der Waals surface area (Å²) in [5.41, 5.74) is 0. The van der Waals surface area contributed by atoms with Gasteiger partial charge in [-0.15, -0.1) is 0 Å². The predicted molar refractivity (Wildman–Crippen MR) is 240 cm³/mol. The van der Waals surface area contributed by atoms with Crippen molar-refractivity contribution in [2.75, 3.05) is 19.8 Å². The van der Waals surface area contributed by atoms with E-state index >= 15 is 0 Å². The van der Waals surface area contributed by atoms with Crippen molar-refractivity contribution in [1.29, 1.82) is 0 Å². The Kier molecular flexibility index (Phi) is 40.3. The van der Waals surface area contributed by atoms with E-state index in [1.165, 1.54) is 70.6 Å². The van der Waals surface area contributed by atoms with Crippen molar-refractivity contribution >= 4 is 25.7 Å². The van der Waals surface area contributed by atoms with Crippen molar-refractivity contribution in [3.63, 3.8) is 0 Å². The maximum atomic E-state index is 12.3. The standard InChI is InChI=1S/C47H84NO10P/c1-3-5-7-9-11-13-15-17-19-21-22-23-25-27-29-31-33-35-37-39-46(51)56-40-43(49)41-57-59(54,55)58-42-44(47(52)53)48-45(50)38-36-34-32-30-28-26-24-20-18-16-14-12-10-8-6-4-2/h11,13,17,19-20,22-24,43-44,49H,3-10,12,14-16,18,21,25-42H2,1-2H3,(H,48,50)(H,52,53)(H,54,55)/b13-11-,19-17-,23-22-,24-20-. The number of unbranched alkanes of at least 4 members (excludes halogenated alkanes) is 21. The number of allylic oxidation sites excluding steroid dienone is 8. The van der Waals surface area contributed by atoms with Crippen LogP contribution >= 0.6 is 7.82 Å². The molecule has 12 heteroatoms. The van der Waals surface area contributed by atoms with Crippen LogP contribution in [-0.2, 0) is 32.7 Å². The van der Waals surface area contributed by atoms with Gasteiger partial charge < -0.3 is 25.2 Å². The fourth-order valence-corrected chi connectivity index (χ4v) is 6.97. The van der Waals surface area contributed by atoms with E-state index in [9.17, 15) is 34.1 Å². The summed E-state index contributed by atoms with van der Waals surface area (Å²) >= 11 is 0. The third-order valence-electron chi connectivity index (χ3n) is 9.84. The zero-order valence-electron chi connectivity index (χ0n) is 37.0. The Bertz CT molecular complexity index is 1190. The van der Waals surface area contributed by atoms with Gasteiger partial charge in [0.1, 0.15) is 12.7 Å². The number of carbonyl (C=O) groups is 3. The van der Waals surface area contributed by atoms with Crippen molar-refractivity contribution in [3.05, 3.63) is 48.6 Å². The smallest absolute Gasteiger partial charge is 0.472 e. The summed E-state index contributed by atoms with van der Waals surface area (Å²) in [5.74, 6) is -2.40. The van der Waals surface area contributed by atoms with E-state index in [0.717, 1.165) is 89.9 Å². The van der Waals surface area contributed by atoms with Gasteiger partial charge in [-0.2, -0.15) is 0 Å². The maximum Gasteiger partial charge on any atom is 0.472 e. The zero-order valence-corrected chi connectivity index (χ0v) is 37.9. The number of carbonyl (C=O) groups excluding carboxylic acids is 2. The van der Waals surface area contributed by atoms with E-state index < -0.39 is 57.6 Å². The quantitative estimate of drug-likeness (QED) is 0.0200. The fraction of sp³-hybridized carbons (Fsp3) is 0.766. The van der Waals surface area contributed by atoms with Gasteiger partial charge in [0.05, 0.1) is 13.2 Å². The highest BCUT2D eigenvalue weighted by molar-refractivity contribution is 7.47. The van der Waals surface area contributed by atoms with Gasteiger partial charge in [0.15, 0.2) is 6.04 Å². The van der Waals surface area contributed by atoms with E-state index in [4.69, 9.17) is 13.8 Å². The lowest BCUT2D eigenvalue weighted by Gasteiger charge is -2.18. The molecule has 0 aromatic heterocycles. The summed E-state index contributed by atoms with van der Waals surface area (Å²) < 4.78 is 26.9. The topological polar surface area (TPSA) is 169 Å². The Hall–Kier alpha value is -2.56. The number of nitrogens with one attached hydrogen (secondary N) is 1. The molecule has 0 aliphatic heterocycles. The molecule has 0 aromatic carbocycles. The molecule has 11 nitrogen and oxygen atoms in total. The second kappa shape index (κ2) is 42.1. The molecular formula is C47H84NO10P. The predicted octanol–water partition coefficient (Wildman–Crippen LogP) is 12.2. The normalized spacial score (nSPS) is 14.1. The van der Waals surface area contributed by atoms with Crippen LogP contribution in [0.5, 0.6) is 0 Å². The maximum absolute atomic E-state index is 12.3. The molecule has 0 saturated carbocycles. The summed E-state index contributed by atoms with van der Waals surface area (Å²) in [4.78, 5) is 46.0. The highest BCUT2D eigenvalue weighted by Gasteiger charge is 2.28. The van der Waals surface area contributed by atoms with Crippen molar-refractivity contribution in [2.24, 2.45) is 0 Å². The molecule has 0 bridgehead atoms. The number of carboxylic acid groups (broad SMARTS) is 1. The molecule has 0 aromatic rings. The van der Waals surface area contributed by atoms with Crippen LogP contribution in [0.4, 0.5) is 0 Å². The first-order chi connectivity index (χ1) is 28.6. The molecule has 3 atom stereocenters. The van der Waals surface area contributed by atoms with Crippen LogP contribution in [-0.4, -0.2) is 64.9 Å². The molecule has 0 heterocycles. The molecule has 0 rings (SSSR count). The van der Waals surface area contributed by atoms with Crippen LogP contribution in [0.15, 0.2) is 48.6 Å². The average molecular weight is 854 g/mol. The number of hydrogen-bond donors (Lipinski definition) is 4. The molecule has 3 unspecified atom stereocenters. The second-order valence-corrected chi connectivity index (χ2v) is 17.0. The number of aliphatic hydroxyl groups is 1. The number of rotatable bonds is 43. The Morgan fingerprint density at radius 1 is 0.542 bits per heavy atom. The number of esters is 1. The van der Waals surface area contributed by atoms with E-state index in [1.807, 2.05) is 0 Å². The van der Waals surface area contributed by atoms with E-state index in [0.29, 0.717) is 12.8 Å². The lowest BCUT2D eigenvalue weighted by Crippen LogP contribution is -2.43. The molecule has 0 aliphatic rings. The number of hydrogen-bond acceptors (Lipinski definition) is 8. The molecule has 0 saturated heterocycles. The molecule has 0 spiro atoms. The first-order valence-corrected chi connectivity index (χ1v) is 24.7. The summed E-state index contributed by atoms with van der Waals surface area (Å²) in [6, 6.07) is -1.55. The average Bonchev–Trinajstić information content (AvgIpc) is 3.21. The number of aliphatic carboxylic acids is 1. The minimum absolute atomic E-state index is 0.134. The summed E-state index contributed by atoms with van der Waals surface area (Å²) in [5, 5.41) is 21.8.